The van der Waals surface area contributed by atoms with Crippen LogP contribution in [-0.2, 0) is 6.18 Å². The van der Waals surface area contributed by atoms with Gasteiger partial charge in [0.1, 0.15) is 0 Å². The second-order valence-electron chi connectivity index (χ2n) is 3.69. The molecule has 1 heterocycles. The molecule has 2 nitrogen and oxygen atoms in total. The lowest BCUT2D eigenvalue weighted by Crippen LogP contribution is -2.51. The number of rotatable bonds is 2. The van der Waals surface area contributed by atoms with E-state index < -0.39 is 11.7 Å². The van der Waals surface area contributed by atoms with Gasteiger partial charge in [0.15, 0.2) is 0 Å². The molecule has 1 aromatic rings. The number of halogens is 4. The second kappa shape index (κ2) is 4.25. The number of anilines is 1. The largest absolute Gasteiger partial charge is 0.417 e. The Hall–Kier alpha value is -0.750. The quantitative estimate of drug-likeness (QED) is 0.876. The third-order valence-corrected chi connectivity index (χ3v) is 3.12. The molecule has 0 unspecified atom stereocenters. The van der Waals surface area contributed by atoms with Crippen LogP contribution >= 0.6 is 15.9 Å². The molecule has 0 amide bonds. The maximum Gasteiger partial charge on any atom is 0.417 e. The lowest BCUT2D eigenvalue weighted by molar-refractivity contribution is -0.138. The highest BCUT2D eigenvalue weighted by Gasteiger charge is 2.33. The van der Waals surface area contributed by atoms with Gasteiger partial charge in [-0.1, -0.05) is 15.9 Å². The van der Waals surface area contributed by atoms with Gasteiger partial charge in [0, 0.05) is 23.2 Å². The van der Waals surface area contributed by atoms with E-state index in [9.17, 15) is 13.2 Å². The van der Waals surface area contributed by atoms with Crippen molar-refractivity contribution in [1.29, 1.82) is 0 Å². The molecule has 2 rings (SSSR count). The molecule has 88 valence electrons. The molecule has 0 bridgehead atoms. The van der Waals surface area contributed by atoms with Gasteiger partial charge in [-0.3, -0.25) is 0 Å². The normalized spacial score (nSPS) is 17.0. The summed E-state index contributed by atoms with van der Waals surface area (Å²) >= 11 is 2.90. The first-order valence-corrected chi connectivity index (χ1v) is 5.60. The molecule has 1 aliphatic rings. The summed E-state index contributed by atoms with van der Waals surface area (Å²) in [7, 11) is 0. The predicted molar refractivity (Wildman–Crippen MR) is 59.4 cm³/mol. The minimum Gasteiger partial charge on any atom is -0.380 e. The molecule has 2 N–H and O–H groups in total. The van der Waals surface area contributed by atoms with Crippen LogP contribution < -0.4 is 10.6 Å². The van der Waals surface area contributed by atoms with Gasteiger partial charge in [-0.2, -0.15) is 13.2 Å². The Labute approximate surface area is 99.3 Å². The third-order valence-electron chi connectivity index (χ3n) is 2.42. The zero-order valence-electron chi connectivity index (χ0n) is 8.24. The molecular formula is C10H10BrF3N2. The Balaban J connectivity index is 2.20. The first-order valence-electron chi connectivity index (χ1n) is 4.81. The molecular weight excluding hydrogens is 285 g/mol. The summed E-state index contributed by atoms with van der Waals surface area (Å²) in [6.45, 7) is 1.58. The maximum atomic E-state index is 12.6. The van der Waals surface area contributed by atoms with Crippen molar-refractivity contribution in [2.75, 3.05) is 18.4 Å². The first-order chi connectivity index (χ1) is 7.47. The molecule has 1 aliphatic heterocycles. The molecule has 1 aromatic carbocycles. The SMILES string of the molecule is FC(F)(F)c1cc(NC2CNC2)ccc1Br. The van der Waals surface area contributed by atoms with E-state index in [0.29, 0.717) is 5.69 Å². The summed E-state index contributed by atoms with van der Waals surface area (Å²) in [5.74, 6) is 0. The van der Waals surface area contributed by atoms with Crippen molar-refractivity contribution in [1.82, 2.24) is 5.32 Å². The van der Waals surface area contributed by atoms with Crippen molar-refractivity contribution in [3.8, 4) is 0 Å². The van der Waals surface area contributed by atoms with Crippen LogP contribution in [0.5, 0.6) is 0 Å². The zero-order chi connectivity index (χ0) is 11.8. The Morgan fingerprint density at radius 1 is 1.31 bits per heavy atom. The van der Waals surface area contributed by atoms with Crippen LogP contribution in [0, 0.1) is 0 Å². The van der Waals surface area contributed by atoms with Crippen molar-refractivity contribution in [2.24, 2.45) is 0 Å². The van der Waals surface area contributed by atoms with Crippen LogP contribution in [-0.4, -0.2) is 19.1 Å². The van der Waals surface area contributed by atoms with E-state index in [1.807, 2.05) is 0 Å². The van der Waals surface area contributed by atoms with Crippen molar-refractivity contribution in [2.45, 2.75) is 12.2 Å². The minimum atomic E-state index is -4.33. The molecule has 0 atom stereocenters. The van der Waals surface area contributed by atoms with Gasteiger partial charge in [0.2, 0.25) is 0 Å². The number of hydrogen-bond donors (Lipinski definition) is 2. The van der Waals surface area contributed by atoms with Crippen molar-refractivity contribution >= 4 is 21.6 Å². The van der Waals surface area contributed by atoms with E-state index in [0.717, 1.165) is 19.2 Å². The van der Waals surface area contributed by atoms with Crippen molar-refractivity contribution in [3.05, 3.63) is 28.2 Å². The van der Waals surface area contributed by atoms with Crippen LogP contribution in [0.4, 0.5) is 18.9 Å². The van der Waals surface area contributed by atoms with Crippen LogP contribution in [0.2, 0.25) is 0 Å². The average Bonchev–Trinajstić information content (AvgIpc) is 2.12. The summed E-state index contributed by atoms with van der Waals surface area (Å²) < 4.78 is 37.8. The Morgan fingerprint density at radius 3 is 2.50 bits per heavy atom. The lowest BCUT2D eigenvalue weighted by atomic mass is 10.1. The van der Waals surface area contributed by atoms with Gasteiger partial charge in [-0.05, 0) is 18.2 Å². The van der Waals surface area contributed by atoms with E-state index >= 15 is 0 Å². The maximum absolute atomic E-state index is 12.6. The van der Waals surface area contributed by atoms with Crippen LogP contribution in [0.1, 0.15) is 5.56 Å². The van der Waals surface area contributed by atoms with Crippen LogP contribution in [0.15, 0.2) is 22.7 Å². The van der Waals surface area contributed by atoms with Gasteiger partial charge in [0.25, 0.3) is 0 Å². The molecule has 0 aromatic heterocycles. The van der Waals surface area contributed by atoms with E-state index in [1.54, 1.807) is 6.07 Å². The first kappa shape index (κ1) is 11.7. The molecule has 0 saturated carbocycles. The van der Waals surface area contributed by atoms with Gasteiger partial charge in [-0.25, -0.2) is 0 Å². The van der Waals surface area contributed by atoms with E-state index in [1.165, 1.54) is 6.07 Å². The summed E-state index contributed by atoms with van der Waals surface area (Å²) in [6, 6.07) is 4.40. The standard InChI is InChI=1S/C10H10BrF3N2/c11-9-2-1-6(16-7-4-15-5-7)3-8(9)10(12,13)14/h1-3,7,15-16H,4-5H2. The minimum absolute atomic E-state index is 0.0669. The summed E-state index contributed by atoms with van der Waals surface area (Å²) in [6.07, 6.45) is -4.33. The summed E-state index contributed by atoms with van der Waals surface area (Å²) in [5, 5.41) is 6.08. The second-order valence-corrected chi connectivity index (χ2v) is 4.55. The number of benzene rings is 1. The molecule has 0 radical (unpaired) electrons. The molecule has 16 heavy (non-hydrogen) atoms. The third kappa shape index (κ3) is 2.49. The zero-order valence-corrected chi connectivity index (χ0v) is 9.82. The smallest absolute Gasteiger partial charge is 0.380 e. The number of alkyl halides is 3. The highest BCUT2D eigenvalue weighted by molar-refractivity contribution is 9.10. The monoisotopic (exact) mass is 294 g/mol. The van der Waals surface area contributed by atoms with Gasteiger partial charge < -0.3 is 10.6 Å². The highest BCUT2D eigenvalue weighted by atomic mass is 79.9. The lowest BCUT2D eigenvalue weighted by Gasteiger charge is -2.29. The average molecular weight is 295 g/mol. The van der Waals surface area contributed by atoms with E-state index in [-0.39, 0.29) is 10.5 Å². The Bertz CT molecular complexity index is 388. The van der Waals surface area contributed by atoms with Gasteiger partial charge >= 0.3 is 6.18 Å². The number of nitrogens with one attached hydrogen (secondary N) is 2. The van der Waals surface area contributed by atoms with Crippen molar-refractivity contribution in [3.63, 3.8) is 0 Å². The molecule has 6 heteroatoms. The fraction of sp³-hybridized carbons (Fsp3) is 0.400. The van der Waals surface area contributed by atoms with E-state index in [2.05, 4.69) is 26.6 Å². The predicted octanol–water partition coefficient (Wildman–Crippen LogP) is 2.85. The fourth-order valence-electron chi connectivity index (χ4n) is 1.46. The molecule has 1 saturated heterocycles. The number of hydrogen-bond acceptors (Lipinski definition) is 2. The van der Waals surface area contributed by atoms with E-state index in [4.69, 9.17) is 0 Å². The summed E-state index contributed by atoms with van der Waals surface area (Å²) in [4.78, 5) is 0. The van der Waals surface area contributed by atoms with Gasteiger partial charge in [-0.15, -0.1) is 0 Å². The highest BCUT2D eigenvalue weighted by Crippen LogP contribution is 2.36. The topological polar surface area (TPSA) is 24.1 Å². The molecule has 0 aliphatic carbocycles. The van der Waals surface area contributed by atoms with Crippen LogP contribution in [0.3, 0.4) is 0 Å². The fourth-order valence-corrected chi connectivity index (χ4v) is 1.93. The van der Waals surface area contributed by atoms with Gasteiger partial charge in [0.05, 0.1) is 11.6 Å². The molecule has 1 fully saturated rings. The van der Waals surface area contributed by atoms with Crippen molar-refractivity contribution < 1.29 is 13.2 Å². The van der Waals surface area contributed by atoms with Crippen LogP contribution in [0.25, 0.3) is 0 Å². The Kier molecular flexibility index (Phi) is 3.12. The summed E-state index contributed by atoms with van der Waals surface area (Å²) in [5.41, 5.74) is -0.146. The Morgan fingerprint density at radius 2 is 2.00 bits per heavy atom. The molecule has 0 spiro atoms.